The third-order valence-electron chi connectivity index (χ3n) is 3.27. The van der Waals surface area contributed by atoms with Crippen LogP contribution in [-0.4, -0.2) is 5.91 Å². The Kier molecular flexibility index (Phi) is 4.00. The molecule has 0 aromatic heterocycles. The van der Waals surface area contributed by atoms with E-state index in [0.717, 1.165) is 28.8 Å². The lowest BCUT2D eigenvalue weighted by Gasteiger charge is -2.11. The maximum absolute atomic E-state index is 12.3. The number of amides is 1. The molecular formula is C17H19NO. The van der Waals surface area contributed by atoms with Gasteiger partial charge in [-0.2, -0.15) is 0 Å². The number of carbonyl (C=O) groups is 1. The largest absolute Gasteiger partial charge is 0.322 e. The van der Waals surface area contributed by atoms with Gasteiger partial charge in [0.15, 0.2) is 0 Å². The Bertz CT molecular complexity index is 602. The molecule has 2 aromatic rings. The van der Waals surface area contributed by atoms with E-state index in [1.165, 1.54) is 5.56 Å². The standard InChI is InChI=1S/C17H19NO/c1-4-14-7-5-6-8-16(14)18-17(19)15-10-9-12(2)11-13(15)3/h5-11H,4H2,1-3H3,(H,18,19). The number of benzene rings is 2. The van der Waals surface area contributed by atoms with Crippen molar-refractivity contribution in [3.63, 3.8) is 0 Å². The Morgan fingerprint density at radius 3 is 2.53 bits per heavy atom. The van der Waals surface area contributed by atoms with E-state index in [4.69, 9.17) is 0 Å². The van der Waals surface area contributed by atoms with E-state index in [-0.39, 0.29) is 5.91 Å². The van der Waals surface area contributed by atoms with Gasteiger partial charge in [-0.1, -0.05) is 42.8 Å². The lowest BCUT2D eigenvalue weighted by Crippen LogP contribution is -2.14. The first-order valence-electron chi connectivity index (χ1n) is 6.58. The third-order valence-corrected chi connectivity index (χ3v) is 3.27. The Morgan fingerprint density at radius 2 is 1.84 bits per heavy atom. The lowest BCUT2D eigenvalue weighted by molar-refractivity contribution is 0.102. The molecule has 19 heavy (non-hydrogen) atoms. The van der Waals surface area contributed by atoms with Gasteiger partial charge in [0, 0.05) is 11.3 Å². The minimum absolute atomic E-state index is 0.0431. The van der Waals surface area contributed by atoms with Crippen LogP contribution in [0.2, 0.25) is 0 Å². The first kappa shape index (κ1) is 13.3. The van der Waals surface area contributed by atoms with E-state index < -0.39 is 0 Å². The van der Waals surface area contributed by atoms with Crippen molar-refractivity contribution >= 4 is 11.6 Å². The quantitative estimate of drug-likeness (QED) is 0.876. The van der Waals surface area contributed by atoms with E-state index >= 15 is 0 Å². The molecule has 0 heterocycles. The molecule has 2 heteroatoms. The molecule has 1 amide bonds. The van der Waals surface area contributed by atoms with Gasteiger partial charge in [0.25, 0.3) is 5.91 Å². The summed E-state index contributed by atoms with van der Waals surface area (Å²) in [6.07, 6.45) is 0.906. The number of carbonyl (C=O) groups excluding carboxylic acids is 1. The second kappa shape index (κ2) is 5.70. The third kappa shape index (κ3) is 3.02. The highest BCUT2D eigenvalue weighted by Crippen LogP contribution is 2.18. The second-order valence-electron chi connectivity index (χ2n) is 4.78. The lowest BCUT2D eigenvalue weighted by atomic mass is 10.0. The first-order chi connectivity index (χ1) is 9.11. The Balaban J connectivity index is 2.26. The molecule has 0 aliphatic heterocycles. The molecule has 0 saturated heterocycles. The van der Waals surface area contributed by atoms with Crippen LogP contribution in [0, 0.1) is 13.8 Å². The van der Waals surface area contributed by atoms with Crippen molar-refractivity contribution in [2.45, 2.75) is 27.2 Å². The summed E-state index contributed by atoms with van der Waals surface area (Å²) in [6, 6.07) is 13.8. The van der Waals surface area contributed by atoms with Gasteiger partial charge in [-0.05, 0) is 43.5 Å². The molecule has 2 nitrogen and oxygen atoms in total. The zero-order valence-electron chi connectivity index (χ0n) is 11.7. The van der Waals surface area contributed by atoms with Crippen molar-refractivity contribution in [2.24, 2.45) is 0 Å². The molecule has 0 saturated carbocycles. The van der Waals surface area contributed by atoms with Gasteiger partial charge in [-0.25, -0.2) is 0 Å². The molecule has 0 aliphatic carbocycles. The van der Waals surface area contributed by atoms with E-state index in [1.54, 1.807) is 0 Å². The van der Waals surface area contributed by atoms with Gasteiger partial charge in [0.1, 0.15) is 0 Å². The molecule has 1 N–H and O–H groups in total. The monoisotopic (exact) mass is 253 g/mol. The minimum atomic E-state index is -0.0431. The van der Waals surface area contributed by atoms with Gasteiger partial charge < -0.3 is 5.32 Å². The van der Waals surface area contributed by atoms with Gasteiger partial charge >= 0.3 is 0 Å². The number of hydrogen-bond donors (Lipinski definition) is 1. The molecule has 98 valence electrons. The Morgan fingerprint density at radius 1 is 1.11 bits per heavy atom. The van der Waals surface area contributed by atoms with E-state index in [9.17, 15) is 4.79 Å². The normalized spacial score (nSPS) is 10.3. The summed E-state index contributed by atoms with van der Waals surface area (Å²) in [5.41, 5.74) is 4.96. The predicted octanol–water partition coefficient (Wildman–Crippen LogP) is 4.12. The fourth-order valence-corrected chi connectivity index (χ4v) is 2.21. The summed E-state index contributed by atoms with van der Waals surface area (Å²) in [4.78, 5) is 12.3. The highest BCUT2D eigenvalue weighted by molar-refractivity contribution is 6.05. The zero-order valence-corrected chi connectivity index (χ0v) is 11.7. The number of anilines is 1. The van der Waals surface area contributed by atoms with Crippen LogP contribution >= 0.6 is 0 Å². The van der Waals surface area contributed by atoms with Gasteiger partial charge in [0.05, 0.1) is 0 Å². The molecule has 0 aliphatic rings. The summed E-state index contributed by atoms with van der Waals surface area (Å²) < 4.78 is 0. The number of rotatable bonds is 3. The number of hydrogen-bond acceptors (Lipinski definition) is 1. The van der Waals surface area contributed by atoms with E-state index in [0.29, 0.717) is 0 Å². The van der Waals surface area contributed by atoms with Crippen molar-refractivity contribution < 1.29 is 4.79 Å². The molecule has 0 radical (unpaired) electrons. The maximum atomic E-state index is 12.3. The van der Waals surface area contributed by atoms with E-state index in [1.807, 2.05) is 56.3 Å². The summed E-state index contributed by atoms with van der Waals surface area (Å²) in [6.45, 7) is 6.08. The van der Waals surface area contributed by atoms with Crippen molar-refractivity contribution in [3.05, 3.63) is 64.7 Å². The van der Waals surface area contributed by atoms with Gasteiger partial charge in [0.2, 0.25) is 0 Å². The van der Waals surface area contributed by atoms with Gasteiger partial charge in [-0.15, -0.1) is 0 Å². The van der Waals surface area contributed by atoms with Gasteiger partial charge in [-0.3, -0.25) is 4.79 Å². The predicted molar refractivity (Wildman–Crippen MR) is 79.7 cm³/mol. The van der Waals surface area contributed by atoms with Crippen molar-refractivity contribution in [2.75, 3.05) is 5.32 Å². The Labute approximate surface area is 114 Å². The molecule has 0 fully saturated rings. The van der Waals surface area contributed by atoms with Crippen molar-refractivity contribution in [1.29, 1.82) is 0 Å². The number of nitrogens with one attached hydrogen (secondary N) is 1. The average molecular weight is 253 g/mol. The van der Waals surface area contributed by atoms with Crippen molar-refractivity contribution in [1.82, 2.24) is 0 Å². The average Bonchev–Trinajstić information content (AvgIpc) is 2.39. The fourth-order valence-electron chi connectivity index (χ4n) is 2.21. The fraction of sp³-hybridized carbons (Fsp3) is 0.235. The molecule has 2 aromatic carbocycles. The van der Waals surface area contributed by atoms with E-state index in [2.05, 4.69) is 12.2 Å². The van der Waals surface area contributed by atoms with Crippen LogP contribution in [0.3, 0.4) is 0 Å². The first-order valence-corrected chi connectivity index (χ1v) is 6.58. The molecular weight excluding hydrogens is 234 g/mol. The second-order valence-corrected chi connectivity index (χ2v) is 4.78. The van der Waals surface area contributed by atoms with Crippen LogP contribution in [0.5, 0.6) is 0 Å². The van der Waals surface area contributed by atoms with Crippen LogP contribution in [-0.2, 0) is 6.42 Å². The summed E-state index contributed by atoms with van der Waals surface area (Å²) in [7, 11) is 0. The highest BCUT2D eigenvalue weighted by atomic mass is 16.1. The van der Waals surface area contributed by atoms with Crippen LogP contribution < -0.4 is 5.32 Å². The molecule has 2 rings (SSSR count). The summed E-state index contributed by atoms with van der Waals surface area (Å²) in [5.74, 6) is -0.0431. The maximum Gasteiger partial charge on any atom is 0.255 e. The summed E-state index contributed by atoms with van der Waals surface area (Å²) >= 11 is 0. The zero-order chi connectivity index (χ0) is 13.8. The number of aryl methyl sites for hydroxylation is 3. The van der Waals surface area contributed by atoms with Crippen LogP contribution in [0.25, 0.3) is 0 Å². The molecule has 0 unspecified atom stereocenters. The van der Waals surface area contributed by atoms with Crippen LogP contribution in [0.15, 0.2) is 42.5 Å². The Hall–Kier alpha value is -2.09. The minimum Gasteiger partial charge on any atom is -0.322 e. The molecule has 0 spiro atoms. The highest BCUT2D eigenvalue weighted by Gasteiger charge is 2.10. The smallest absolute Gasteiger partial charge is 0.255 e. The topological polar surface area (TPSA) is 29.1 Å². The summed E-state index contributed by atoms with van der Waals surface area (Å²) in [5, 5.41) is 3.00. The van der Waals surface area contributed by atoms with Crippen molar-refractivity contribution in [3.8, 4) is 0 Å². The SMILES string of the molecule is CCc1ccccc1NC(=O)c1ccc(C)cc1C. The van der Waals surface area contributed by atoms with Crippen LogP contribution in [0.4, 0.5) is 5.69 Å². The molecule has 0 bridgehead atoms. The number of para-hydroxylation sites is 1. The van der Waals surface area contributed by atoms with Crippen LogP contribution in [0.1, 0.15) is 34.0 Å². The molecule has 0 atom stereocenters.